The lowest BCUT2D eigenvalue weighted by atomic mass is 9.84. The Hall–Kier alpha value is -3.75. The average molecular weight is 510 g/mol. The number of nitrogens with zero attached hydrogens (tertiary/aromatic N) is 3. The van der Waals surface area contributed by atoms with Crippen molar-refractivity contribution in [1.82, 2.24) is 14.7 Å². The van der Waals surface area contributed by atoms with E-state index in [4.69, 9.17) is 14.2 Å². The number of carbonyl (C=O) groups is 3. The third-order valence-corrected chi connectivity index (χ3v) is 6.41. The predicted molar refractivity (Wildman–Crippen MR) is 137 cm³/mol. The SMILES string of the molecule is C[C@@H]1CN(C(=O)OCc2ccccc2)CC2(CN(C(=O)OC(C)(C)C)C2)N1C(=O)OCc1ccccc1. The van der Waals surface area contributed by atoms with E-state index in [9.17, 15) is 14.4 Å². The van der Waals surface area contributed by atoms with Gasteiger partial charge < -0.3 is 24.0 Å². The van der Waals surface area contributed by atoms with Gasteiger partial charge in [-0.25, -0.2) is 14.4 Å². The molecular formula is C28H35N3O6. The van der Waals surface area contributed by atoms with Gasteiger partial charge in [0.25, 0.3) is 0 Å². The lowest BCUT2D eigenvalue weighted by Crippen LogP contribution is -2.80. The van der Waals surface area contributed by atoms with Crippen LogP contribution in [-0.4, -0.2) is 76.3 Å². The van der Waals surface area contributed by atoms with E-state index >= 15 is 0 Å². The summed E-state index contributed by atoms with van der Waals surface area (Å²) >= 11 is 0. The first-order valence-corrected chi connectivity index (χ1v) is 12.5. The van der Waals surface area contributed by atoms with Crippen LogP contribution in [0.1, 0.15) is 38.8 Å². The molecule has 4 rings (SSSR count). The summed E-state index contributed by atoms with van der Waals surface area (Å²) in [7, 11) is 0. The Morgan fingerprint density at radius 1 is 0.784 bits per heavy atom. The van der Waals surface area contributed by atoms with E-state index in [1.54, 1.807) is 35.5 Å². The van der Waals surface area contributed by atoms with Gasteiger partial charge in [-0.3, -0.25) is 4.90 Å². The number of rotatable bonds is 4. The van der Waals surface area contributed by atoms with Crippen molar-refractivity contribution in [2.75, 3.05) is 26.2 Å². The van der Waals surface area contributed by atoms with E-state index in [-0.39, 0.29) is 38.9 Å². The Labute approximate surface area is 217 Å². The van der Waals surface area contributed by atoms with Crippen LogP contribution in [0, 0.1) is 0 Å². The summed E-state index contributed by atoms with van der Waals surface area (Å²) < 4.78 is 16.7. The predicted octanol–water partition coefficient (Wildman–Crippen LogP) is 4.66. The van der Waals surface area contributed by atoms with E-state index in [1.807, 2.05) is 67.6 Å². The molecule has 1 spiro atoms. The standard InChI is InChI=1S/C28H35N3O6/c1-21-15-29(24(32)35-16-22-11-7-5-8-12-22)18-28(19-30(20-28)25(33)37-27(2,3)4)31(21)26(34)36-17-23-13-9-6-10-14-23/h5-14,21H,15-20H2,1-4H3/t21-/m1/s1. The van der Waals surface area contributed by atoms with Crippen LogP contribution in [0.5, 0.6) is 0 Å². The minimum atomic E-state index is -0.798. The highest BCUT2D eigenvalue weighted by Gasteiger charge is 2.58. The molecule has 37 heavy (non-hydrogen) atoms. The number of carbonyl (C=O) groups excluding carboxylic acids is 3. The second-order valence-electron chi connectivity index (χ2n) is 10.7. The topological polar surface area (TPSA) is 88.6 Å². The van der Waals surface area contributed by atoms with E-state index in [0.29, 0.717) is 6.54 Å². The second-order valence-corrected chi connectivity index (χ2v) is 10.7. The number of likely N-dealkylation sites (tertiary alicyclic amines) is 1. The van der Waals surface area contributed by atoms with E-state index < -0.39 is 29.4 Å². The lowest BCUT2D eigenvalue weighted by molar-refractivity contribution is -0.106. The molecule has 9 heteroatoms. The van der Waals surface area contributed by atoms with E-state index in [1.165, 1.54) is 0 Å². The minimum absolute atomic E-state index is 0.136. The summed E-state index contributed by atoms with van der Waals surface area (Å²) in [4.78, 5) is 43.8. The van der Waals surface area contributed by atoms with Gasteiger partial charge >= 0.3 is 18.3 Å². The van der Waals surface area contributed by atoms with Crippen molar-refractivity contribution in [1.29, 1.82) is 0 Å². The van der Waals surface area contributed by atoms with Gasteiger partial charge in [0, 0.05) is 6.54 Å². The highest BCUT2D eigenvalue weighted by atomic mass is 16.6. The average Bonchev–Trinajstić information content (AvgIpc) is 2.84. The van der Waals surface area contributed by atoms with Gasteiger partial charge in [0.15, 0.2) is 0 Å². The van der Waals surface area contributed by atoms with Crippen molar-refractivity contribution in [3.05, 3.63) is 71.8 Å². The summed E-state index contributed by atoms with van der Waals surface area (Å²) in [5.74, 6) is 0. The number of hydrogen-bond acceptors (Lipinski definition) is 6. The van der Waals surface area contributed by atoms with E-state index in [2.05, 4.69) is 0 Å². The quantitative estimate of drug-likeness (QED) is 0.558. The highest BCUT2D eigenvalue weighted by molar-refractivity contribution is 5.75. The van der Waals surface area contributed by atoms with Crippen molar-refractivity contribution in [2.45, 2.75) is 58.1 Å². The number of hydrogen-bond donors (Lipinski definition) is 0. The summed E-state index contributed by atoms with van der Waals surface area (Å²) in [6.07, 6.45) is -1.38. The molecule has 2 saturated heterocycles. The molecule has 2 fully saturated rings. The minimum Gasteiger partial charge on any atom is -0.445 e. The van der Waals surface area contributed by atoms with Crippen LogP contribution in [0.25, 0.3) is 0 Å². The Balaban J connectivity index is 1.47. The van der Waals surface area contributed by atoms with Crippen LogP contribution >= 0.6 is 0 Å². The van der Waals surface area contributed by atoms with Gasteiger partial charge in [0.05, 0.1) is 31.2 Å². The summed E-state index contributed by atoms with van der Waals surface area (Å²) in [5.41, 5.74) is 0.334. The molecule has 9 nitrogen and oxygen atoms in total. The first kappa shape index (κ1) is 26.3. The molecule has 2 aromatic rings. The van der Waals surface area contributed by atoms with Gasteiger partial charge in [-0.2, -0.15) is 0 Å². The van der Waals surface area contributed by atoms with Crippen LogP contribution in [-0.2, 0) is 27.4 Å². The molecular weight excluding hydrogens is 474 g/mol. The maximum atomic E-state index is 13.3. The fraction of sp³-hybridized carbons (Fsp3) is 0.464. The molecule has 0 aliphatic carbocycles. The number of amides is 3. The third-order valence-electron chi connectivity index (χ3n) is 6.41. The molecule has 1 atom stereocenters. The van der Waals surface area contributed by atoms with Crippen LogP contribution < -0.4 is 0 Å². The van der Waals surface area contributed by atoms with Crippen LogP contribution in [0.3, 0.4) is 0 Å². The van der Waals surface area contributed by atoms with Gasteiger partial charge in [-0.15, -0.1) is 0 Å². The van der Waals surface area contributed by atoms with Gasteiger partial charge in [0.1, 0.15) is 18.8 Å². The first-order valence-electron chi connectivity index (χ1n) is 12.5. The molecule has 2 aliphatic heterocycles. The third kappa shape index (κ3) is 6.34. The molecule has 0 unspecified atom stereocenters. The number of piperazine rings is 1. The monoisotopic (exact) mass is 509 g/mol. The van der Waals surface area contributed by atoms with Crippen LogP contribution in [0.4, 0.5) is 14.4 Å². The fourth-order valence-electron chi connectivity index (χ4n) is 4.85. The summed E-state index contributed by atoms with van der Waals surface area (Å²) in [5, 5.41) is 0. The first-order chi connectivity index (χ1) is 17.6. The summed E-state index contributed by atoms with van der Waals surface area (Å²) in [6.45, 7) is 8.57. The summed E-state index contributed by atoms with van der Waals surface area (Å²) in [6, 6.07) is 18.6. The molecule has 0 bridgehead atoms. The second kappa shape index (κ2) is 10.7. The smallest absolute Gasteiger partial charge is 0.411 e. The molecule has 2 aliphatic rings. The molecule has 3 amide bonds. The Morgan fingerprint density at radius 3 is 1.78 bits per heavy atom. The lowest BCUT2D eigenvalue weighted by Gasteiger charge is -2.60. The molecule has 0 saturated carbocycles. The number of benzene rings is 2. The largest absolute Gasteiger partial charge is 0.445 e. The maximum Gasteiger partial charge on any atom is 0.411 e. The Morgan fingerprint density at radius 2 is 1.27 bits per heavy atom. The van der Waals surface area contributed by atoms with Crippen molar-refractivity contribution in [2.24, 2.45) is 0 Å². The molecule has 0 N–H and O–H groups in total. The zero-order chi connectivity index (χ0) is 26.6. The van der Waals surface area contributed by atoms with Gasteiger partial charge in [0.2, 0.25) is 0 Å². The molecule has 198 valence electrons. The zero-order valence-electron chi connectivity index (χ0n) is 21.9. The van der Waals surface area contributed by atoms with Crippen molar-refractivity contribution in [3.63, 3.8) is 0 Å². The fourth-order valence-corrected chi connectivity index (χ4v) is 4.85. The van der Waals surface area contributed by atoms with Crippen LogP contribution in [0.2, 0.25) is 0 Å². The maximum absolute atomic E-state index is 13.3. The van der Waals surface area contributed by atoms with Crippen molar-refractivity contribution in [3.8, 4) is 0 Å². The van der Waals surface area contributed by atoms with Gasteiger partial charge in [-0.1, -0.05) is 60.7 Å². The molecule has 2 heterocycles. The zero-order valence-corrected chi connectivity index (χ0v) is 21.9. The normalized spacial score (nSPS) is 18.7. The molecule has 2 aromatic carbocycles. The van der Waals surface area contributed by atoms with Crippen molar-refractivity contribution >= 4 is 18.3 Å². The Bertz CT molecular complexity index is 1100. The number of ether oxygens (including phenoxy) is 3. The van der Waals surface area contributed by atoms with Crippen LogP contribution in [0.15, 0.2) is 60.7 Å². The van der Waals surface area contributed by atoms with Gasteiger partial charge in [-0.05, 0) is 38.8 Å². The van der Waals surface area contributed by atoms with E-state index in [0.717, 1.165) is 11.1 Å². The molecule has 0 aromatic heterocycles. The Kier molecular flexibility index (Phi) is 7.61. The highest BCUT2D eigenvalue weighted by Crippen LogP contribution is 2.36. The molecule has 0 radical (unpaired) electrons. The van der Waals surface area contributed by atoms with Crippen molar-refractivity contribution < 1.29 is 28.6 Å².